The third kappa shape index (κ3) is 3.17. The molecule has 2 aromatic heterocycles. The topological polar surface area (TPSA) is 43.2 Å². The Balaban J connectivity index is 1.36. The van der Waals surface area contributed by atoms with Gasteiger partial charge in [0.2, 0.25) is 0 Å². The van der Waals surface area contributed by atoms with Gasteiger partial charge >= 0.3 is 0 Å². The maximum absolute atomic E-state index is 5.74. The number of hydrogen-bond acceptors (Lipinski definition) is 5. The molecule has 0 atom stereocenters. The minimum Gasteiger partial charge on any atom is -0.373 e. The fourth-order valence-corrected chi connectivity index (χ4v) is 3.48. The van der Waals surface area contributed by atoms with E-state index in [1.165, 1.54) is 17.7 Å². The first-order valence-electron chi connectivity index (χ1n) is 7.62. The van der Waals surface area contributed by atoms with Crippen LogP contribution in [0, 0.1) is 5.92 Å². The number of hydrogen-bond donors (Lipinski definition) is 0. The molecule has 2 aromatic rings. The number of aromatic nitrogens is 3. The van der Waals surface area contributed by atoms with Gasteiger partial charge in [-0.25, -0.2) is 0 Å². The molecule has 0 radical (unpaired) electrons. The second-order valence-electron chi connectivity index (χ2n) is 5.93. The molecule has 6 heteroatoms. The standard InChI is InChI=1S/C15H20N4OS/c1-2-13(21-7-1)8-18-5-6-19-14(9-18)16-17-15(19)11-20-10-12-3-4-12/h1-2,7,12H,3-6,8-11H2. The maximum Gasteiger partial charge on any atom is 0.159 e. The molecule has 0 amide bonds. The molecule has 3 heterocycles. The minimum absolute atomic E-state index is 0.606. The van der Waals surface area contributed by atoms with E-state index in [2.05, 4.69) is 37.2 Å². The van der Waals surface area contributed by atoms with Crippen molar-refractivity contribution in [2.45, 2.75) is 39.1 Å². The summed E-state index contributed by atoms with van der Waals surface area (Å²) in [7, 11) is 0. The van der Waals surface area contributed by atoms with E-state index in [0.29, 0.717) is 6.61 Å². The summed E-state index contributed by atoms with van der Waals surface area (Å²) in [5.41, 5.74) is 0. The molecule has 0 aromatic carbocycles. The van der Waals surface area contributed by atoms with Gasteiger partial charge in [-0.05, 0) is 30.2 Å². The van der Waals surface area contributed by atoms with E-state index >= 15 is 0 Å². The molecule has 1 aliphatic heterocycles. The Morgan fingerprint density at radius 3 is 3.05 bits per heavy atom. The van der Waals surface area contributed by atoms with Crippen LogP contribution in [0.1, 0.15) is 29.4 Å². The van der Waals surface area contributed by atoms with Gasteiger partial charge in [0.25, 0.3) is 0 Å². The van der Waals surface area contributed by atoms with E-state index in [4.69, 9.17) is 4.74 Å². The van der Waals surface area contributed by atoms with Gasteiger partial charge in [-0.1, -0.05) is 6.07 Å². The Morgan fingerprint density at radius 2 is 2.24 bits per heavy atom. The summed E-state index contributed by atoms with van der Waals surface area (Å²) in [5.74, 6) is 2.86. The number of nitrogens with zero attached hydrogens (tertiary/aromatic N) is 4. The molecule has 4 rings (SSSR count). The van der Waals surface area contributed by atoms with Crippen molar-refractivity contribution in [3.63, 3.8) is 0 Å². The predicted molar refractivity (Wildman–Crippen MR) is 80.8 cm³/mol. The molecule has 21 heavy (non-hydrogen) atoms. The van der Waals surface area contributed by atoms with Crippen LogP contribution in [0.5, 0.6) is 0 Å². The summed E-state index contributed by atoms with van der Waals surface area (Å²) in [6.07, 6.45) is 2.66. The highest BCUT2D eigenvalue weighted by Crippen LogP contribution is 2.29. The lowest BCUT2D eigenvalue weighted by atomic mass is 10.3. The first kappa shape index (κ1) is 13.4. The average molecular weight is 304 g/mol. The molecule has 2 aliphatic rings. The number of thiophene rings is 1. The van der Waals surface area contributed by atoms with Crippen LogP contribution >= 0.6 is 11.3 Å². The largest absolute Gasteiger partial charge is 0.373 e. The summed E-state index contributed by atoms with van der Waals surface area (Å²) in [5, 5.41) is 10.8. The predicted octanol–water partition coefficient (Wildman–Crippen LogP) is 2.28. The lowest BCUT2D eigenvalue weighted by Gasteiger charge is -2.27. The van der Waals surface area contributed by atoms with Gasteiger partial charge in [-0.15, -0.1) is 21.5 Å². The fourth-order valence-electron chi connectivity index (χ4n) is 2.73. The highest BCUT2D eigenvalue weighted by Gasteiger charge is 2.23. The van der Waals surface area contributed by atoms with Crippen LogP contribution in [-0.2, 0) is 31.0 Å². The molecule has 0 spiro atoms. The second kappa shape index (κ2) is 5.87. The van der Waals surface area contributed by atoms with Crippen LogP contribution in [0.25, 0.3) is 0 Å². The van der Waals surface area contributed by atoms with Gasteiger partial charge in [0.15, 0.2) is 5.82 Å². The molecule has 1 saturated carbocycles. The van der Waals surface area contributed by atoms with E-state index in [0.717, 1.165) is 50.4 Å². The first-order chi connectivity index (χ1) is 10.4. The molecular weight excluding hydrogens is 284 g/mol. The molecule has 0 unspecified atom stereocenters. The zero-order chi connectivity index (χ0) is 14.1. The summed E-state index contributed by atoms with van der Waals surface area (Å²) in [4.78, 5) is 3.85. The van der Waals surface area contributed by atoms with Gasteiger partial charge in [0.05, 0.1) is 6.54 Å². The van der Waals surface area contributed by atoms with E-state index < -0.39 is 0 Å². The van der Waals surface area contributed by atoms with Crippen LogP contribution < -0.4 is 0 Å². The zero-order valence-corrected chi connectivity index (χ0v) is 12.9. The first-order valence-corrected chi connectivity index (χ1v) is 8.50. The highest BCUT2D eigenvalue weighted by molar-refractivity contribution is 7.09. The normalized spacial score (nSPS) is 18.9. The van der Waals surface area contributed by atoms with Crippen LogP contribution in [0.2, 0.25) is 0 Å². The Bertz CT molecular complexity index is 591. The smallest absolute Gasteiger partial charge is 0.159 e. The highest BCUT2D eigenvalue weighted by atomic mass is 32.1. The van der Waals surface area contributed by atoms with Gasteiger partial charge in [-0.3, -0.25) is 4.90 Å². The van der Waals surface area contributed by atoms with Gasteiger partial charge in [0.1, 0.15) is 12.4 Å². The summed E-state index contributed by atoms with van der Waals surface area (Å²) in [6.45, 7) is 5.40. The quantitative estimate of drug-likeness (QED) is 0.821. The third-order valence-electron chi connectivity index (χ3n) is 4.15. The van der Waals surface area contributed by atoms with E-state index in [9.17, 15) is 0 Å². The molecule has 0 saturated heterocycles. The Labute approximate surface area is 128 Å². The lowest BCUT2D eigenvalue weighted by molar-refractivity contribution is 0.101. The summed E-state index contributed by atoms with van der Waals surface area (Å²) < 4.78 is 7.98. The summed E-state index contributed by atoms with van der Waals surface area (Å²) in [6, 6.07) is 4.31. The van der Waals surface area contributed by atoms with Gasteiger partial charge in [-0.2, -0.15) is 0 Å². The summed E-state index contributed by atoms with van der Waals surface area (Å²) >= 11 is 1.82. The van der Waals surface area contributed by atoms with Crippen LogP contribution in [0.15, 0.2) is 17.5 Å². The van der Waals surface area contributed by atoms with Crippen LogP contribution in [-0.4, -0.2) is 32.8 Å². The average Bonchev–Trinajstić information content (AvgIpc) is 3.01. The van der Waals surface area contributed by atoms with Crippen molar-refractivity contribution in [1.82, 2.24) is 19.7 Å². The minimum atomic E-state index is 0.606. The number of fused-ring (bicyclic) bond motifs is 1. The van der Waals surface area contributed by atoms with Crippen molar-refractivity contribution in [2.24, 2.45) is 5.92 Å². The lowest BCUT2D eigenvalue weighted by Crippen LogP contribution is -2.33. The SMILES string of the molecule is c1csc(CN2CCn3c(COCC4CC4)nnc3C2)c1. The van der Waals surface area contributed by atoms with Crippen molar-refractivity contribution in [3.05, 3.63) is 34.0 Å². The van der Waals surface area contributed by atoms with Crippen molar-refractivity contribution >= 4 is 11.3 Å². The fraction of sp³-hybridized carbons (Fsp3) is 0.600. The van der Waals surface area contributed by atoms with Crippen molar-refractivity contribution in [2.75, 3.05) is 13.2 Å². The molecule has 1 fully saturated rings. The number of rotatable bonds is 6. The Morgan fingerprint density at radius 1 is 1.29 bits per heavy atom. The Kier molecular flexibility index (Phi) is 3.75. The van der Waals surface area contributed by atoms with E-state index in [-0.39, 0.29) is 0 Å². The van der Waals surface area contributed by atoms with Gasteiger partial charge < -0.3 is 9.30 Å². The second-order valence-corrected chi connectivity index (χ2v) is 6.96. The van der Waals surface area contributed by atoms with E-state index in [1.54, 1.807) is 0 Å². The van der Waals surface area contributed by atoms with Crippen molar-refractivity contribution in [1.29, 1.82) is 0 Å². The monoisotopic (exact) mass is 304 g/mol. The van der Waals surface area contributed by atoms with Crippen LogP contribution in [0.4, 0.5) is 0 Å². The van der Waals surface area contributed by atoms with Crippen molar-refractivity contribution < 1.29 is 4.74 Å². The number of ether oxygens (including phenoxy) is 1. The molecule has 1 aliphatic carbocycles. The zero-order valence-electron chi connectivity index (χ0n) is 12.1. The van der Waals surface area contributed by atoms with Gasteiger partial charge in [0, 0.05) is 31.1 Å². The molecule has 5 nitrogen and oxygen atoms in total. The maximum atomic E-state index is 5.74. The molecule has 0 N–H and O–H groups in total. The molecule has 112 valence electrons. The van der Waals surface area contributed by atoms with Crippen LogP contribution in [0.3, 0.4) is 0 Å². The third-order valence-corrected chi connectivity index (χ3v) is 5.01. The van der Waals surface area contributed by atoms with E-state index in [1.807, 2.05) is 11.3 Å². The Hall–Kier alpha value is -1.24. The van der Waals surface area contributed by atoms with Crippen molar-refractivity contribution in [3.8, 4) is 0 Å². The molecule has 0 bridgehead atoms. The molecular formula is C15H20N4OS.